The average molecular weight is 250 g/mol. The summed E-state index contributed by atoms with van der Waals surface area (Å²) in [6, 6.07) is 3.09. The fourth-order valence-electron chi connectivity index (χ4n) is 1.90. The number of aromatic nitrogens is 1. The third-order valence-electron chi connectivity index (χ3n) is 3.05. The van der Waals surface area contributed by atoms with Gasteiger partial charge >= 0.3 is 5.97 Å². The van der Waals surface area contributed by atoms with E-state index in [0.717, 1.165) is 0 Å². The Labute approximate surface area is 104 Å². The highest BCUT2D eigenvalue weighted by atomic mass is 16.5. The fourth-order valence-corrected chi connectivity index (χ4v) is 1.90. The normalized spacial score (nSPS) is 18.0. The first kappa shape index (κ1) is 12.5. The third kappa shape index (κ3) is 2.48. The largest absolute Gasteiger partial charge is 0.480 e. The molecule has 0 saturated carbocycles. The van der Waals surface area contributed by atoms with Crippen molar-refractivity contribution in [2.45, 2.75) is 18.4 Å². The van der Waals surface area contributed by atoms with Crippen molar-refractivity contribution in [3.05, 3.63) is 30.1 Å². The van der Waals surface area contributed by atoms with E-state index in [-0.39, 0.29) is 12.8 Å². The van der Waals surface area contributed by atoms with Gasteiger partial charge in [0, 0.05) is 44.0 Å². The van der Waals surface area contributed by atoms with Gasteiger partial charge in [0.2, 0.25) is 0 Å². The van der Waals surface area contributed by atoms with Gasteiger partial charge < -0.3 is 15.2 Å². The Morgan fingerprint density at radius 3 is 2.44 bits per heavy atom. The molecule has 1 fully saturated rings. The van der Waals surface area contributed by atoms with Gasteiger partial charge in [0.25, 0.3) is 5.91 Å². The number of carboxylic acids is 1. The molecule has 1 aliphatic heterocycles. The summed E-state index contributed by atoms with van der Waals surface area (Å²) in [5.41, 5.74) is -0.823. The number of carbonyl (C=O) groups excluding carboxylic acids is 1. The van der Waals surface area contributed by atoms with E-state index < -0.39 is 17.4 Å². The molecule has 2 N–H and O–H groups in total. The standard InChI is InChI=1S/C12H14N2O4/c15-10(9-1-5-13-6-2-9)14-12(11(16)17)3-7-18-8-4-12/h1-2,5-6H,3-4,7-8H2,(H,14,15)(H,16,17). The minimum Gasteiger partial charge on any atom is -0.480 e. The predicted molar refractivity (Wildman–Crippen MR) is 62.1 cm³/mol. The van der Waals surface area contributed by atoms with Crippen LogP contribution in [0.4, 0.5) is 0 Å². The molecule has 2 heterocycles. The van der Waals surface area contributed by atoms with Gasteiger partial charge in [-0.1, -0.05) is 0 Å². The number of rotatable bonds is 3. The average Bonchev–Trinajstić information content (AvgIpc) is 2.40. The lowest BCUT2D eigenvalue weighted by atomic mass is 9.90. The molecule has 0 bridgehead atoms. The summed E-state index contributed by atoms with van der Waals surface area (Å²) >= 11 is 0. The topological polar surface area (TPSA) is 88.5 Å². The van der Waals surface area contributed by atoms with E-state index in [1.807, 2.05) is 0 Å². The maximum atomic E-state index is 12.0. The molecule has 0 unspecified atom stereocenters. The molecule has 96 valence electrons. The molecule has 0 radical (unpaired) electrons. The summed E-state index contributed by atoms with van der Waals surface area (Å²) < 4.78 is 5.14. The van der Waals surface area contributed by atoms with Crippen molar-refractivity contribution >= 4 is 11.9 Å². The monoisotopic (exact) mass is 250 g/mol. The molecule has 1 aromatic heterocycles. The third-order valence-corrected chi connectivity index (χ3v) is 3.05. The Hall–Kier alpha value is -1.95. The van der Waals surface area contributed by atoms with Crippen LogP contribution in [0.2, 0.25) is 0 Å². The quantitative estimate of drug-likeness (QED) is 0.812. The number of pyridine rings is 1. The second kappa shape index (κ2) is 5.14. The van der Waals surface area contributed by atoms with Crippen molar-refractivity contribution in [2.24, 2.45) is 0 Å². The molecule has 6 nitrogen and oxygen atoms in total. The molecule has 1 aromatic rings. The van der Waals surface area contributed by atoms with Crippen molar-refractivity contribution < 1.29 is 19.4 Å². The summed E-state index contributed by atoms with van der Waals surface area (Å²) in [6.07, 6.45) is 3.54. The van der Waals surface area contributed by atoms with Crippen LogP contribution in [-0.4, -0.2) is 40.7 Å². The Balaban J connectivity index is 2.15. The highest BCUT2D eigenvalue weighted by molar-refractivity contribution is 5.97. The van der Waals surface area contributed by atoms with Crippen LogP contribution in [-0.2, 0) is 9.53 Å². The van der Waals surface area contributed by atoms with Gasteiger partial charge in [0.1, 0.15) is 5.54 Å². The summed E-state index contributed by atoms with van der Waals surface area (Å²) in [4.78, 5) is 27.2. The number of carbonyl (C=O) groups is 2. The van der Waals surface area contributed by atoms with Crippen molar-refractivity contribution in [3.63, 3.8) is 0 Å². The van der Waals surface area contributed by atoms with Crippen LogP contribution in [0.25, 0.3) is 0 Å². The van der Waals surface area contributed by atoms with Crippen molar-refractivity contribution in [1.82, 2.24) is 10.3 Å². The van der Waals surface area contributed by atoms with Crippen molar-refractivity contribution in [3.8, 4) is 0 Å². The van der Waals surface area contributed by atoms with Gasteiger partial charge in [-0.15, -0.1) is 0 Å². The van der Waals surface area contributed by atoms with Crippen LogP contribution in [0, 0.1) is 0 Å². The van der Waals surface area contributed by atoms with Crippen LogP contribution in [0.3, 0.4) is 0 Å². The minimum atomic E-state index is -1.22. The number of nitrogens with zero attached hydrogens (tertiary/aromatic N) is 1. The lowest BCUT2D eigenvalue weighted by molar-refractivity contribution is -0.148. The molecule has 18 heavy (non-hydrogen) atoms. The summed E-state index contributed by atoms with van der Waals surface area (Å²) in [5.74, 6) is -1.42. The van der Waals surface area contributed by atoms with E-state index in [9.17, 15) is 14.7 Å². The zero-order chi connectivity index (χ0) is 13.0. The van der Waals surface area contributed by atoms with E-state index in [1.165, 1.54) is 12.4 Å². The number of hydrogen-bond acceptors (Lipinski definition) is 4. The van der Waals surface area contributed by atoms with Gasteiger partial charge in [-0.05, 0) is 12.1 Å². The van der Waals surface area contributed by atoms with Gasteiger partial charge in [-0.25, -0.2) is 4.79 Å². The van der Waals surface area contributed by atoms with Gasteiger partial charge in [-0.2, -0.15) is 0 Å². The van der Waals surface area contributed by atoms with Crippen LogP contribution in [0.1, 0.15) is 23.2 Å². The van der Waals surface area contributed by atoms with Gasteiger partial charge in [0.15, 0.2) is 0 Å². The van der Waals surface area contributed by atoms with Crippen molar-refractivity contribution in [2.75, 3.05) is 13.2 Å². The zero-order valence-corrected chi connectivity index (χ0v) is 9.76. The Morgan fingerprint density at radius 2 is 1.89 bits per heavy atom. The summed E-state index contributed by atoms with van der Waals surface area (Å²) in [5, 5.41) is 11.9. The molecule has 1 amide bonds. The lowest BCUT2D eigenvalue weighted by Crippen LogP contribution is -2.57. The maximum absolute atomic E-state index is 12.0. The van der Waals surface area contributed by atoms with Crippen LogP contribution in [0.15, 0.2) is 24.5 Å². The molecular formula is C12H14N2O4. The number of ether oxygens (including phenoxy) is 1. The first-order valence-electron chi connectivity index (χ1n) is 5.68. The van der Waals surface area contributed by atoms with E-state index in [4.69, 9.17) is 4.74 Å². The Morgan fingerprint density at radius 1 is 1.28 bits per heavy atom. The SMILES string of the molecule is O=C(NC1(C(=O)O)CCOCC1)c1ccncc1. The fraction of sp³-hybridized carbons (Fsp3) is 0.417. The molecular weight excluding hydrogens is 236 g/mol. The summed E-state index contributed by atoms with van der Waals surface area (Å²) in [6.45, 7) is 0.672. The molecule has 2 rings (SSSR count). The highest BCUT2D eigenvalue weighted by Crippen LogP contribution is 2.21. The van der Waals surface area contributed by atoms with E-state index in [1.54, 1.807) is 12.1 Å². The Bertz CT molecular complexity index is 441. The second-order valence-electron chi connectivity index (χ2n) is 4.19. The first-order valence-corrected chi connectivity index (χ1v) is 5.68. The van der Waals surface area contributed by atoms with Gasteiger partial charge in [0.05, 0.1) is 0 Å². The van der Waals surface area contributed by atoms with E-state index in [2.05, 4.69) is 10.3 Å². The lowest BCUT2D eigenvalue weighted by Gasteiger charge is -2.33. The molecule has 0 spiro atoms. The molecule has 0 aromatic carbocycles. The molecule has 1 aliphatic rings. The van der Waals surface area contributed by atoms with Gasteiger partial charge in [-0.3, -0.25) is 9.78 Å². The van der Waals surface area contributed by atoms with Crippen LogP contribution < -0.4 is 5.32 Å². The molecule has 1 saturated heterocycles. The van der Waals surface area contributed by atoms with Crippen LogP contribution >= 0.6 is 0 Å². The smallest absolute Gasteiger partial charge is 0.329 e. The molecule has 6 heteroatoms. The van der Waals surface area contributed by atoms with E-state index in [0.29, 0.717) is 18.8 Å². The minimum absolute atomic E-state index is 0.277. The van der Waals surface area contributed by atoms with Crippen molar-refractivity contribution in [1.29, 1.82) is 0 Å². The maximum Gasteiger partial charge on any atom is 0.329 e. The zero-order valence-electron chi connectivity index (χ0n) is 9.76. The first-order chi connectivity index (χ1) is 8.64. The number of nitrogens with one attached hydrogen (secondary N) is 1. The predicted octanol–water partition coefficient (Wildman–Crippen LogP) is 0.445. The van der Waals surface area contributed by atoms with Crippen LogP contribution in [0.5, 0.6) is 0 Å². The number of aliphatic carboxylic acids is 1. The van der Waals surface area contributed by atoms with E-state index >= 15 is 0 Å². The molecule has 0 aliphatic carbocycles. The summed E-state index contributed by atoms with van der Waals surface area (Å²) in [7, 11) is 0. The highest BCUT2D eigenvalue weighted by Gasteiger charge is 2.41. The Kier molecular flexibility index (Phi) is 3.57. The number of hydrogen-bond donors (Lipinski definition) is 2. The number of amides is 1. The second-order valence-corrected chi connectivity index (χ2v) is 4.19. The molecule has 0 atom stereocenters. The number of carboxylic acid groups (broad SMARTS) is 1.